The number of benzene rings is 1. The standard InChI is InChI=1S/C25H35N3O5S/c1-4-6-13-26-23(31)21-25-12-11-18(34-25)19(20(25)24(32)28(21)15(3)14-29)22(30)27-16-7-9-17(10-8-16)33-5-2/h7-10,15,18-21,29H,4-6,11-14H2,1-3H3,(H,26,31)(H,27,30)/t15-,18+,19-,20+,21?,25?/m1/s1. The number of carbonyl (C=O) groups excluding carboxylic acids is 3. The molecule has 3 saturated heterocycles. The van der Waals surface area contributed by atoms with Gasteiger partial charge in [-0.2, -0.15) is 0 Å². The van der Waals surface area contributed by atoms with E-state index in [-0.39, 0.29) is 29.6 Å². The van der Waals surface area contributed by atoms with Crippen molar-refractivity contribution >= 4 is 35.2 Å². The number of unbranched alkanes of at least 4 members (excludes halogenated alkanes) is 1. The van der Waals surface area contributed by atoms with Gasteiger partial charge >= 0.3 is 0 Å². The van der Waals surface area contributed by atoms with E-state index < -0.39 is 28.7 Å². The number of aliphatic hydroxyl groups excluding tert-OH is 1. The molecule has 2 bridgehead atoms. The van der Waals surface area contributed by atoms with Crippen molar-refractivity contribution in [3.05, 3.63) is 24.3 Å². The number of hydrogen-bond donors (Lipinski definition) is 3. The first-order valence-corrected chi connectivity index (χ1v) is 13.2. The highest BCUT2D eigenvalue weighted by Gasteiger charge is 2.73. The van der Waals surface area contributed by atoms with Crippen molar-refractivity contribution in [3.63, 3.8) is 0 Å². The van der Waals surface area contributed by atoms with Crippen LogP contribution in [-0.4, -0.2) is 69.6 Å². The lowest BCUT2D eigenvalue weighted by molar-refractivity contribution is -0.141. The summed E-state index contributed by atoms with van der Waals surface area (Å²) in [6.45, 7) is 6.61. The number of nitrogens with zero attached hydrogens (tertiary/aromatic N) is 1. The molecule has 34 heavy (non-hydrogen) atoms. The minimum absolute atomic E-state index is 0.00540. The summed E-state index contributed by atoms with van der Waals surface area (Å²) in [5.74, 6) is -0.921. The van der Waals surface area contributed by atoms with Gasteiger partial charge in [0, 0.05) is 17.5 Å². The number of rotatable bonds is 10. The Hall–Kier alpha value is -2.26. The lowest BCUT2D eigenvalue weighted by atomic mass is 9.70. The second-order valence-electron chi connectivity index (χ2n) is 9.42. The van der Waals surface area contributed by atoms with Crippen LogP contribution in [0.1, 0.15) is 46.5 Å². The number of amides is 3. The van der Waals surface area contributed by atoms with E-state index in [0.717, 1.165) is 25.0 Å². The first-order valence-electron chi connectivity index (χ1n) is 12.3. The van der Waals surface area contributed by atoms with E-state index in [9.17, 15) is 19.5 Å². The molecule has 6 atom stereocenters. The van der Waals surface area contributed by atoms with Crippen LogP contribution in [0.25, 0.3) is 0 Å². The Balaban J connectivity index is 1.59. The minimum Gasteiger partial charge on any atom is -0.494 e. The SMILES string of the molecule is CCCCNC(=O)C1N([C@H](C)CO)C(=O)[C@@H]2[C@H](C(=O)Nc3ccc(OCC)cc3)[C@@H]3CCC12S3. The Bertz CT molecular complexity index is 926. The van der Waals surface area contributed by atoms with E-state index in [2.05, 4.69) is 17.6 Å². The molecule has 3 N–H and O–H groups in total. The largest absolute Gasteiger partial charge is 0.494 e. The Kier molecular flexibility index (Phi) is 7.42. The highest BCUT2D eigenvalue weighted by Crippen LogP contribution is 2.66. The first kappa shape index (κ1) is 24.9. The smallest absolute Gasteiger partial charge is 0.244 e. The zero-order valence-electron chi connectivity index (χ0n) is 20.1. The molecule has 1 aromatic rings. The normalized spacial score (nSPS) is 30.2. The fourth-order valence-electron chi connectivity index (χ4n) is 5.76. The minimum atomic E-state index is -0.678. The third-order valence-corrected chi connectivity index (χ3v) is 9.24. The molecule has 9 heteroatoms. The topological polar surface area (TPSA) is 108 Å². The molecule has 0 radical (unpaired) electrons. The van der Waals surface area contributed by atoms with Gasteiger partial charge < -0.3 is 25.4 Å². The molecule has 186 valence electrons. The highest BCUT2D eigenvalue weighted by molar-refractivity contribution is 8.02. The zero-order valence-corrected chi connectivity index (χ0v) is 20.9. The predicted molar refractivity (Wildman–Crippen MR) is 132 cm³/mol. The van der Waals surface area contributed by atoms with Gasteiger partial charge in [0.2, 0.25) is 17.7 Å². The molecule has 8 nitrogen and oxygen atoms in total. The summed E-state index contributed by atoms with van der Waals surface area (Å²) in [4.78, 5) is 42.1. The van der Waals surface area contributed by atoms with Gasteiger partial charge in [-0.15, -0.1) is 11.8 Å². The number of ether oxygens (including phenoxy) is 1. The molecule has 4 rings (SSSR count). The molecular weight excluding hydrogens is 454 g/mol. The number of likely N-dealkylation sites (tertiary alicyclic amines) is 1. The number of hydrogen-bond acceptors (Lipinski definition) is 6. The Labute approximate surface area is 205 Å². The van der Waals surface area contributed by atoms with Crippen LogP contribution in [0, 0.1) is 11.8 Å². The van der Waals surface area contributed by atoms with Crippen molar-refractivity contribution in [2.24, 2.45) is 11.8 Å². The zero-order chi connectivity index (χ0) is 24.5. The molecule has 3 aliphatic heterocycles. The van der Waals surface area contributed by atoms with E-state index >= 15 is 0 Å². The van der Waals surface area contributed by atoms with Crippen LogP contribution in [0.15, 0.2) is 24.3 Å². The number of fused-ring (bicyclic) bond motifs is 1. The van der Waals surface area contributed by atoms with E-state index in [4.69, 9.17) is 4.74 Å². The second kappa shape index (κ2) is 10.2. The summed E-state index contributed by atoms with van der Waals surface area (Å²) < 4.78 is 4.83. The first-order chi connectivity index (χ1) is 16.4. The molecular formula is C25H35N3O5S. The van der Waals surface area contributed by atoms with Gasteiger partial charge in [0.15, 0.2) is 0 Å². The van der Waals surface area contributed by atoms with Gasteiger partial charge in [0.25, 0.3) is 0 Å². The Morgan fingerprint density at radius 2 is 2.00 bits per heavy atom. The van der Waals surface area contributed by atoms with E-state index in [1.54, 1.807) is 47.9 Å². The van der Waals surface area contributed by atoms with Crippen LogP contribution < -0.4 is 15.4 Å². The maximum atomic E-state index is 13.7. The number of carbonyl (C=O) groups is 3. The van der Waals surface area contributed by atoms with Crippen molar-refractivity contribution in [1.29, 1.82) is 0 Å². The number of anilines is 1. The molecule has 0 saturated carbocycles. The third-order valence-electron chi connectivity index (χ3n) is 7.29. The van der Waals surface area contributed by atoms with Crippen LogP contribution in [0.5, 0.6) is 5.75 Å². The monoisotopic (exact) mass is 489 g/mol. The number of thioether (sulfide) groups is 1. The molecule has 3 fully saturated rings. The fourth-order valence-corrected chi connectivity index (χ4v) is 7.97. The average Bonchev–Trinajstić information content (AvgIpc) is 3.47. The second-order valence-corrected chi connectivity index (χ2v) is 11.0. The van der Waals surface area contributed by atoms with Crippen LogP contribution in [0.4, 0.5) is 5.69 Å². The molecule has 2 unspecified atom stereocenters. The van der Waals surface area contributed by atoms with Crippen LogP contribution in [0.2, 0.25) is 0 Å². The van der Waals surface area contributed by atoms with E-state index in [0.29, 0.717) is 25.3 Å². The van der Waals surface area contributed by atoms with Crippen molar-refractivity contribution in [2.75, 3.05) is 25.1 Å². The number of nitrogens with one attached hydrogen (secondary N) is 2. The lowest BCUT2D eigenvalue weighted by Gasteiger charge is -2.36. The Morgan fingerprint density at radius 3 is 2.65 bits per heavy atom. The average molecular weight is 490 g/mol. The van der Waals surface area contributed by atoms with Gasteiger partial charge in [-0.3, -0.25) is 14.4 Å². The summed E-state index contributed by atoms with van der Waals surface area (Å²) in [5.41, 5.74) is 0.648. The fraction of sp³-hybridized carbons (Fsp3) is 0.640. The maximum absolute atomic E-state index is 13.7. The van der Waals surface area contributed by atoms with Crippen molar-refractivity contribution in [1.82, 2.24) is 10.2 Å². The van der Waals surface area contributed by atoms with Crippen molar-refractivity contribution < 1.29 is 24.2 Å². The van der Waals surface area contributed by atoms with Crippen molar-refractivity contribution in [2.45, 2.75) is 68.5 Å². The van der Waals surface area contributed by atoms with Crippen molar-refractivity contribution in [3.8, 4) is 5.75 Å². The van der Waals surface area contributed by atoms with Gasteiger partial charge in [0.1, 0.15) is 11.8 Å². The molecule has 0 aliphatic carbocycles. The third kappa shape index (κ3) is 4.17. The molecule has 1 spiro atoms. The summed E-state index contributed by atoms with van der Waals surface area (Å²) in [7, 11) is 0. The summed E-state index contributed by atoms with van der Waals surface area (Å²) in [6.07, 6.45) is 3.32. The summed E-state index contributed by atoms with van der Waals surface area (Å²) in [5, 5.41) is 15.8. The van der Waals surface area contributed by atoms with Crippen LogP contribution >= 0.6 is 11.8 Å². The number of aliphatic hydroxyl groups is 1. The molecule has 0 aromatic heterocycles. The van der Waals surface area contributed by atoms with Crippen LogP contribution in [-0.2, 0) is 14.4 Å². The summed E-state index contributed by atoms with van der Waals surface area (Å²) in [6, 6.07) is 6.02. The van der Waals surface area contributed by atoms with Gasteiger partial charge in [0.05, 0.1) is 35.8 Å². The predicted octanol–water partition coefficient (Wildman–Crippen LogP) is 2.41. The summed E-state index contributed by atoms with van der Waals surface area (Å²) >= 11 is 1.63. The Morgan fingerprint density at radius 1 is 1.26 bits per heavy atom. The van der Waals surface area contributed by atoms with E-state index in [1.807, 2.05) is 6.92 Å². The molecule has 3 amide bonds. The van der Waals surface area contributed by atoms with Gasteiger partial charge in [-0.1, -0.05) is 13.3 Å². The lowest BCUT2D eigenvalue weighted by Crippen LogP contribution is -2.56. The van der Waals surface area contributed by atoms with Gasteiger partial charge in [-0.25, -0.2) is 0 Å². The van der Waals surface area contributed by atoms with E-state index in [1.165, 1.54) is 0 Å². The van der Waals surface area contributed by atoms with Gasteiger partial charge in [-0.05, 0) is 57.4 Å². The molecule has 3 aliphatic rings. The van der Waals surface area contributed by atoms with Crippen LogP contribution in [0.3, 0.4) is 0 Å². The highest BCUT2D eigenvalue weighted by atomic mass is 32.2. The quantitative estimate of drug-likeness (QED) is 0.436. The molecule has 3 heterocycles. The molecule has 1 aromatic carbocycles. The maximum Gasteiger partial charge on any atom is 0.244 e.